The molecule has 1 N–H and O–H groups in total. The fraction of sp³-hybridized carbons (Fsp3) is 0.125. The van der Waals surface area contributed by atoms with Gasteiger partial charge in [-0.1, -0.05) is 6.07 Å². The van der Waals surface area contributed by atoms with Crippen molar-refractivity contribution in [2.45, 2.75) is 11.4 Å². The van der Waals surface area contributed by atoms with Gasteiger partial charge in [0.1, 0.15) is 9.77 Å². The normalized spacial score (nSPS) is 11.4. The number of carbonyl (C=O) groups excluding carboxylic acids is 2. The fourth-order valence-electron chi connectivity index (χ4n) is 2.12. The molecule has 0 atom stereocenters. The second-order valence-corrected chi connectivity index (χ2v) is 9.77. The molecule has 0 bridgehead atoms. The molecular formula is C16H13NO5S4. The van der Waals surface area contributed by atoms with Crippen LogP contribution < -0.4 is 4.72 Å². The zero-order valence-electron chi connectivity index (χ0n) is 13.4. The smallest absolute Gasteiger partial charge is 0.349 e. The van der Waals surface area contributed by atoms with Crippen molar-refractivity contribution in [3.63, 3.8) is 0 Å². The first kappa shape index (κ1) is 18.9. The van der Waals surface area contributed by atoms with E-state index in [2.05, 4.69) is 9.46 Å². The third-order valence-electron chi connectivity index (χ3n) is 3.36. The molecule has 6 nitrogen and oxygen atoms in total. The third kappa shape index (κ3) is 3.94. The number of rotatable bonds is 7. The molecule has 0 saturated carbocycles. The van der Waals surface area contributed by atoms with E-state index in [1.165, 1.54) is 41.2 Å². The number of sulfonamides is 1. The Hall–Kier alpha value is -1.85. The van der Waals surface area contributed by atoms with E-state index in [1.54, 1.807) is 24.3 Å². The molecule has 0 aliphatic carbocycles. The van der Waals surface area contributed by atoms with Crippen LogP contribution in [0.3, 0.4) is 0 Å². The lowest BCUT2D eigenvalue weighted by atomic mass is 10.3. The molecule has 26 heavy (non-hydrogen) atoms. The van der Waals surface area contributed by atoms with Crippen LogP contribution in [0.15, 0.2) is 46.0 Å². The van der Waals surface area contributed by atoms with Crippen LogP contribution in [0.4, 0.5) is 0 Å². The summed E-state index contributed by atoms with van der Waals surface area (Å²) in [6.45, 7) is 0.0289. The van der Waals surface area contributed by atoms with Crippen molar-refractivity contribution >= 4 is 55.8 Å². The van der Waals surface area contributed by atoms with E-state index in [4.69, 9.17) is 0 Å². The second-order valence-electron chi connectivity index (χ2n) is 5.00. The molecule has 0 amide bonds. The van der Waals surface area contributed by atoms with Gasteiger partial charge in [-0.2, -0.15) is 0 Å². The molecule has 0 saturated heterocycles. The molecule has 0 spiro atoms. The predicted octanol–water partition coefficient (Wildman–Crippen LogP) is 3.37. The van der Waals surface area contributed by atoms with Crippen LogP contribution in [-0.4, -0.2) is 27.3 Å². The first-order valence-electron chi connectivity index (χ1n) is 7.25. The molecule has 3 rings (SSSR count). The van der Waals surface area contributed by atoms with Crippen LogP contribution in [0, 0.1) is 0 Å². The number of nitrogens with one attached hydrogen (secondary N) is 1. The van der Waals surface area contributed by atoms with Gasteiger partial charge < -0.3 is 4.74 Å². The standard InChI is InChI=1S/C16H13NO5S4/c1-22-16(19)15-13(6-8-24-15)26(20,21)17-9-10-4-5-12(25-10)14(18)11-3-2-7-23-11/h2-8,17H,9H2,1H3. The molecule has 0 aliphatic heterocycles. The number of carbonyl (C=O) groups is 2. The monoisotopic (exact) mass is 427 g/mol. The summed E-state index contributed by atoms with van der Waals surface area (Å²) in [6, 6.07) is 8.31. The molecule has 136 valence electrons. The zero-order valence-corrected chi connectivity index (χ0v) is 16.7. The van der Waals surface area contributed by atoms with Gasteiger partial charge in [-0.05, 0) is 35.0 Å². The molecule has 3 heterocycles. The third-order valence-corrected chi connectivity index (χ3v) is 7.78. The Morgan fingerprint density at radius 2 is 1.88 bits per heavy atom. The summed E-state index contributed by atoms with van der Waals surface area (Å²) in [6.07, 6.45) is 0. The van der Waals surface area contributed by atoms with Gasteiger partial charge in [0.25, 0.3) is 0 Å². The van der Waals surface area contributed by atoms with Gasteiger partial charge >= 0.3 is 5.97 Å². The lowest BCUT2D eigenvalue weighted by Gasteiger charge is -2.06. The first-order chi connectivity index (χ1) is 12.4. The van der Waals surface area contributed by atoms with Crippen molar-refractivity contribution in [1.29, 1.82) is 0 Å². The number of thiophene rings is 3. The molecule has 0 aromatic carbocycles. The first-order valence-corrected chi connectivity index (χ1v) is 11.3. The highest BCUT2D eigenvalue weighted by molar-refractivity contribution is 7.89. The molecule has 0 fully saturated rings. The van der Waals surface area contributed by atoms with Gasteiger partial charge in [0.2, 0.25) is 15.8 Å². The molecule has 0 unspecified atom stereocenters. The van der Waals surface area contributed by atoms with Crippen molar-refractivity contribution in [3.8, 4) is 0 Å². The zero-order chi connectivity index (χ0) is 18.7. The van der Waals surface area contributed by atoms with Crippen molar-refractivity contribution in [2.75, 3.05) is 7.11 Å². The molecule has 10 heteroatoms. The summed E-state index contributed by atoms with van der Waals surface area (Å²) in [4.78, 5) is 25.8. The average molecular weight is 428 g/mol. The van der Waals surface area contributed by atoms with Crippen molar-refractivity contribution < 1.29 is 22.7 Å². The average Bonchev–Trinajstić information content (AvgIpc) is 3.39. The Kier molecular flexibility index (Phi) is 5.68. The molecule has 3 aromatic rings. The van der Waals surface area contributed by atoms with Gasteiger partial charge in [-0.15, -0.1) is 34.0 Å². The van der Waals surface area contributed by atoms with E-state index in [-0.39, 0.29) is 22.1 Å². The number of methoxy groups -OCH3 is 1. The predicted molar refractivity (Wildman–Crippen MR) is 102 cm³/mol. The summed E-state index contributed by atoms with van der Waals surface area (Å²) in [5.41, 5.74) is 0. The summed E-state index contributed by atoms with van der Waals surface area (Å²) in [7, 11) is -2.67. The van der Waals surface area contributed by atoms with E-state index in [0.717, 1.165) is 11.3 Å². The van der Waals surface area contributed by atoms with E-state index in [0.29, 0.717) is 14.6 Å². The molecule has 3 aromatic heterocycles. The molecular weight excluding hydrogens is 414 g/mol. The number of ether oxygens (including phenoxy) is 1. The summed E-state index contributed by atoms with van der Waals surface area (Å²) >= 11 is 3.60. The maximum absolute atomic E-state index is 12.5. The van der Waals surface area contributed by atoms with Gasteiger partial charge in [-0.3, -0.25) is 4.79 Å². The highest BCUT2D eigenvalue weighted by atomic mass is 32.2. The maximum atomic E-state index is 12.5. The van der Waals surface area contributed by atoms with Crippen molar-refractivity contribution in [2.24, 2.45) is 0 Å². The lowest BCUT2D eigenvalue weighted by molar-refractivity contribution is 0.0602. The van der Waals surface area contributed by atoms with Crippen LogP contribution in [0.5, 0.6) is 0 Å². The minimum atomic E-state index is -3.87. The number of hydrogen-bond donors (Lipinski definition) is 1. The lowest BCUT2D eigenvalue weighted by Crippen LogP contribution is -2.24. The number of hydrogen-bond acceptors (Lipinski definition) is 8. The maximum Gasteiger partial charge on any atom is 0.349 e. The second kappa shape index (κ2) is 7.80. The highest BCUT2D eigenvalue weighted by Crippen LogP contribution is 2.25. The summed E-state index contributed by atoms with van der Waals surface area (Å²) < 4.78 is 32.0. The van der Waals surface area contributed by atoms with Gasteiger partial charge in [0, 0.05) is 11.4 Å². The van der Waals surface area contributed by atoms with E-state index in [9.17, 15) is 18.0 Å². The van der Waals surface area contributed by atoms with Crippen LogP contribution in [-0.2, 0) is 21.3 Å². The minimum absolute atomic E-state index is 0.0275. The molecule has 0 radical (unpaired) electrons. The van der Waals surface area contributed by atoms with Crippen LogP contribution in [0.25, 0.3) is 0 Å². The highest BCUT2D eigenvalue weighted by Gasteiger charge is 2.24. The van der Waals surface area contributed by atoms with E-state index in [1.807, 2.05) is 5.38 Å². The van der Waals surface area contributed by atoms with Gasteiger partial charge in [-0.25, -0.2) is 17.9 Å². The van der Waals surface area contributed by atoms with Gasteiger partial charge in [0.15, 0.2) is 0 Å². The Morgan fingerprint density at radius 3 is 2.58 bits per heavy atom. The topological polar surface area (TPSA) is 89.5 Å². The Labute approximate surface area is 162 Å². The van der Waals surface area contributed by atoms with Crippen molar-refractivity contribution in [1.82, 2.24) is 4.72 Å². The summed E-state index contributed by atoms with van der Waals surface area (Å²) in [5.74, 6) is -0.773. The largest absolute Gasteiger partial charge is 0.465 e. The Morgan fingerprint density at radius 1 is 1.08 bits per heavy atom. The molecule has 0 aliphatic rings. The Balaban J connectivity index is 1.72. The summed E-state index contributed by atoms with van der Waals surface area (Å²) in [5, 5.41) is 3.35. The van der Waals surface area contributed by atoms with Crippen LogP contribution >= 0.6 is 34.0 Å². The van der Waals surface area contributed by atoms with Crippen molar-refractivity contribution in [3.05, 3.63) is 60.6 Å². The minimum Gasteiger partial charge on any atom is -0.465 e. The van der Waals surface area contributed by atoms with E-state index < -0.39 is 16.0 Å². The fourth-order valence-corrected chi connectivity index (χ4v) is 6.19. The Bertz CT molecular complexity index is 1030. The van der Waals surface area contributed by atoms with Gasteiger partial charge in [0.05, 0.1) is 16.9 Å². The van der Waals surface area contributed by atoms with Crippen LogP contribution in [0.2, 0.25) is 0 Å². The number of ketones is 1. The quantitative estimate of drug-likeness (QED) is 0.461. The number of esters is 1. The SMILES string of the molecule is COC(=O)c1sccc1S(=O)(=O)NCc1ccc(C(=O)c2cccs2)s1. The van der Waals surface area contributed by atoms with Crippen LogP contribution in [0.1, 0.15) is 29.1 Å². The van der Waals surface area contributed by atoms with E-state index >= 15 is 0 Å².